The number of nitrogens with zero attached hydrogens (tertiary/aromatic N) is 3. The molecule has 2 aromatic heterocycles. The van der Waals surface area contributed by atoms with Crippen molar-refractivity contribution in [3.05, 3.63) is 16.9 Å². The minimum Gasteiger partial charge on any atom is -0.448 e. The van der Waals surface area contributed by atoms with Gasteiger partial charge in [-0.15, -0.1) is 0 Å². The molecule has 0 amide bonds. The van der Waals surface area contributed by atoms with E-state index in [1.54, 1.807) is 0 Å². The number of oxazole rings is 1. The van der Waals surface area contributed by atoms with E-state index in [2.05, 4.69) is 19.7 Å². The van der Waals surface area contributed by atoms with Crippen LogP contribution in [0.5, 0.6) is 0 Å². The summed E-state index contributed by atoms with van der Waals surface area (Å²) in [6.07, 6.45) is 7.62. The van der Waals surface area contributed by atoms with Crippen LogP contribution in [-0.2, 0) is 0 Å². The van der Waals surface area contributed by atoms with Crippen LogP contribution < -0.4 is 0 Å². The Labute approximate surface area is 110 Å². The van der Waals surface area contributed by atoms with E-state index < -0.39 is 0 Å². The van der Waals surface area contributed by atoms with Crippen molar-refractivity contribution in [1.82, 2.24) is 19.7 Å². The highest BCUT2D eigenvalue weighted by molar-refractivity contribution is 7.71. The second kappa shape index (κ2) is 4.68. The van der Waals surface area contributed by atoms with Gasteiger partial charge in [0.15, 0.2) is 17.0 Å². The van der Waals surface area contributed by atoms with Crippen LogP contribution in [0.4, 0.5) is 0 Å². The zero-order valence-corrected chi connectivity index (χ0v) is 11.2. The SMILES string of the molecule is Cc1ocnc1-c1n[nH]c(=S)n1C1CCCCC1. The summed E-state index contributed by atoms with van der Waals surface area (Å²) < 4.78 is 8.05. The molecule has 0 atom stereocenters. The standard InChI is InChI=1S/C12H16N4OS/c1-8-10(13-7-17-8)11-14-15-12(18)16(11)9-5-3-2-4-6-9/h7,9H,2-6H2,1H3,(H,15,18). The lowest BCUT2D eigenvalue weighted by Crippen LogP contribution is -2.14. The minimum absolute atomic E-state index is 0.441. The number of hydrogen-bond acceptors (Lipinski definition) is 4. The lowest BCUT2D eigenvalue weighted by atomic mass is 9.95. The molecule has 2 heterocycles. The summed E-state index contributed by atoms with van der Waals surface area (Å²) in [5.74, 6) is 1.58. The molecule has 18 heavy (non-hydrogen) atoms. The van der Waals surface area contributed by atoms with Crippen LogP contribution in [0.2, 0.25) is 0 Å². The van der Waals surface area contributed by atoms with E-state index in [1.165, 1.54) is 25.7 Å². The van der Waals surface area contributed by atoms with Crippen LogP contribution in [0.1, 0.15) is 43.9 Å². The van der Waals surface area contributed by atoms with Gasteiger partial charge in [-0.2, -0.15) is 5.10 Å². The highest BCUT2D eigenvalue weighted by atomic mass is 32.1. The Bertz CT molecular complexity index is 591. The lowest BCUT2D eigenvalue weighted by Gasteiger charge is -2.23. The van der Waals surface area contributed by atoms with Gasteiger partial charge in [-0.25, -0.2) is 4.98 Å². The third kappa shape index (κ3) is 1.90. The summed E-state index contributed by atoms with van der Waals surface area (Å²) in [6.45, 7) is 1.89. The van der Waals surface area contributed by atoms with Gasteiger partial charge in [0.1, 0.15) is 11.5 Å². The molecule has 0 spiro atoms. The van der Waals surface area contributed by atoms with E-state index in [1.807, 2.05) is 6.92 Å². The van der Waals surface area contributed by atoms with Crippen LogP contribution in [0, 0.1) is 11.7 Å². The van der Waals surface area contributed by atoms with Gasteiger partial charge in [0.2, 0.25) is 0 Å². The average molecular weight is 264 g/mol. The van der Waals surface area contributed by atoms with Crippen LogP contribution >= 0.6 is 12.2 Å². The Balaban J connectivity index is 2.06. The molecule has 96 valence electrons. The van der Waals surface area contributed by atoms with Crippen molar-refractivity contribution in [2.75, 3.05) is 0 Å². The summed E-state index contributed by atoms with van der Waals surface area (Å²) in [4.78, 5) is 4.24. The predicted octanol–water partition coefficient (Wildman–Crippen LogP) is 3.41. The van der Waals surface area contributed by atoms with E-state index in [9.17, 15) is 0 Å². The van der Waals surface area contributed by atoms with Gasteiger partial charge in [-0.1, -0.05) is 19.3 Å². The first kappa shape index (κ1) is 11.6. The Kier molecular flexibility index (Phi) is 3.03. The number of rotatable bonds is 2. The normalized spacial score (nSPS) is 17.2. The molecule has 1 saturated carbocycles. The molecule has 1 aliphatic rings. The van der Waals surface area contributed by atoms with Gasteiger partial charge in [0, 0.05) is 6.04 Å². The molecular formula is C12H16N4OS. The van der Waals surface area contributed by atoms with Crippen molar-refractivity contribution in [1.29, 1.82) is 0 Å². The number of nitrogens with one attached hydrogen (secondary N) is 1. The summed E-state index contributed by atoms with van der Waals surface area (Å²) in [5.41, 5.74) is 0.785. The predicted molar refractivity (Wildman–Crippen MR) is 69.8 cm³/mol. The largest absolute Gasteiger partial charge is 0.448 e. The third-order valence-electron chi connectivity index (χ3n) is 3.60. The molecule has 1 fully saturated rings. The molecule has 0 aliphatic heterocycles. The van der Waals surface area contributed by atoms with Gasteiger partial charge in [0.05, 0.1) is 0 Å². The smallest absolute Gasteiger partial charge is 0.195 e. The molecule has 3 rings (SSSR count). The maximum Gasteiger partial charge on any atom is 0.195 e. The van der Waals surface area contributed by atoms with Gasteiger partial charge in [-0.05, 0) is 32.0 Å². The molecule has 0 saturated heterocycles. The van der Waals surface area contributed by atoms with E-state index in [0.29, 0.717) is 10.8 Å². The number of aromatic nitrogens is 4. The van der Waals surface area contributed by atoms with Crippen molar-refractivity contribution in [2.24, 2.45) is 0 Å². The molecule has 0 radical (unpaired) electrons. The number of H-pyrrole nitrogens is 1. The maximum atomic E-state index is 5.36. The van der Waals surface area contributed by atoms with E-state index >= 15 is 0 Å². The number of aromatic amines is 1. The summed E-state index contributed by atoms with van der Waals surface area (Å²) in [7, 11) is 0. The Morgan fingerprint density at radius 1 is 1.39 bits per heavy atom. The van der Waals surface area contributed by atoms with Crippen molar-refractivity contribution < 1.29 is 4.42 Å². The monoisotopic (exact) mass is 264 g/mol. The first-order valence-corrected chi connectivity index (χ1v) is 6.75. The van der Waals surface area contributed by atoms with Gasteiger partial charge < -0.3 is 4.42 Å². The minimum atomic E-state index is 0.441. The summed E-state index contributed by atoms with van der Waals surface area (Å²) >= 11 is 5.36. The van der Waals surface area contributed by atoms with E-state index in [4.69, 9.17) is 16.6 Å². The van der Waals surface area contributed by atoms with Crippen molar-refractivity contribution in [2.45, 2.75) is 45.1 Å². The van der Waals surface area contributed by atoms with Gasteiger partial charge in [0.25, 0.3) is 0 Å². The molecule has 1 aliphatic carbocycles. The molecular weight excluding hydrogens is 248 g/mol. The van der Waals surface area contributed by atoms with E-state index in [0.717, 1.165) is 30.1 Å². The Morgan fingerprint density at radius 3 is 2.83 bits per heavy atom. The fraction of sp³-hybridized carbons (Fsp3) is 0.583. The van der Waals surface area contributed by atoms with Crippen molar-refractivity contribution in [3.8, 4) is 11.5 Å². The lowest BCUT2D eigenvalue weighted by molar-refractivity contribution is 0.352. The molecule has 0 unspecified atom stereocenters. The zero-order valence-electron chi connectivity index (χ0n) is 10.3. The first-order valence-electron chi connectivity index (χ1n) is 6.34. The number of hydrogen-bond donors (Lipinski definition) is 1. The second-order valence-electron chi connectivity index (χ2n) is 4.77. The van der Waals surface area contributed by atoms with E-state index in [-0.39, 0.29) is 0 Å². The average Bonchev–Trinajstić information content (AvgIpc) is 2.96. The van der Waals surface area contributed by atoms with Crippen molar-refractivity contribution in [3.63, 3.8) is 0 Å². The Morgan fingerprint density at radius 2 is 2.17 bits per heavy atom. The first-order chi connectivity index (χ1) is 8.77. The zero-order chi connectivity index (χ0) is 12.5. The summed E-state index contributed by atoms with van der Waals surface area (Å²) in [5, 5.41) is 7.20. The van der Waals surface area contributed by atoms with Gasteiger partial charge >= 0.3 is 0 Å². The highest BCUT2D eigenvalue weighted by Gasteiger charge is 2.22. The molecule has 1 N–H and O–H groups in total. The topological polar surface area (TPSA) is 59.6 Å². The second-order valence-corrected chi connectivity index (χ2v) is 5.16. The molecule has 6 heteroatoms. The molecule has 0 aromatic carbocycles. The fourth-order valence-electron chi connectivity index (χ4n) is 2.67. The summed E-state index contributed by atoms with van der Waals surface area (Å²) in [6, 6.07) is 0.441. The Hall–Kier alpha value is -1.43. The third-order valence-corrected chi connectivity index (χ3v) is 3.89. The molecule has 2 aromatic rings. The van der Waals surface area contributed by atoms with Crippen LogP contribution in [-0.4, -0.2) is 19.7 Å². The molecule has 5 nitrogen and oxygen atoms in total. The molecule has 0 bridgehead atoms. The van der Waals surface area contributed by atoms with Crippen LogP contribution in [0.25, 0.3) is 11.5 Å². The van der Waals surface area contributed by atoms with Crippen LogP contribution in [0.3, 0.4) is 0 Å². The van der Waals surface area contributed by atoms with Gasteiger partial charge in [-0.3, -0.25) is 9.67 Å². The highest BCUT2D eigenvalue weighted by Crippen LogP contribution is 2.32. The van der Waals surface area contributed by atoms with Crippen LogP contribution in [0.15, 0.2) is 10.8 Å². The fourth-order valence-corrected chi connectivity index (χ4v) is 2.95. The number of aryl methyl sites for hydroxylation is 1. The van der Waals surface area contributed by atoms with Crippen molar-refractivity contribution >= 4 is 12.2 Å². The quantitative estimate of drug-likeness (QED) is 0.844. The maximum absolute atomic E-state index is 5.36.